The fourth-order valence-corrected chi connectivity index (χ4v) is 2.93. The predicted octanol–water partition coefficient (Wildman–Crippen LogP) is 4.84. The van der Waals surface area contributed by atoms with Crippen molar-refractivity contribution in [2.45, 2.75) is 13.8 Å². The first-order valence-electron chi connectivity index (χ1n) is 7.79. The third-order valence-electron chi connectivity index (χ3n) is 4.21. The Morgan fingerprint density at radius 3 is 2.54 bits per heavy atom. The van der Waals surface area contributed by atoms with Crippen molar-refractivity contribution in [1.82, 2.24) is 14.5 Å². The number of fused-ring (bicyclic) bond motifs is 1. The van der Waals surface area contributed by atoms with Crippen molar-refractivity contribution in [2.75, 3.05) is 0 Å². The lowest BCUT2D eigenvalue weighted by Crippen LogP contribution is -1.95. The molecule has 0 fully saturated rings. The number of hydrogen-bond acceptors (Lipinski definition) is 2. The van der Waals surface area contributed by atoms with Crippen molar-refractivity contribution in [3.63, 3.8) is 0 Å². The number of halogens is 1. The van der Waals surface area contributed by atoms with Gasteiger partial charge in [-0.2, -0.15) is 0 Å². The summed E-state index contributed by atoms with van der Waals surface area (Å²) in [4.78, 5) is 9.04. The average molecular weight is 317 g/mol. The molecule has 0 aliphatic carbocycles. The van der Waals surface area contributed by atoms with Gasteiger partial charge in [-0.05, 0) is 60.9 Å². The van der Waals surface area contributed by atoms with E-state index in [2.05, 4.69) is 16.0 Å². The van der Waals surface area contributed by atoms with Crippen LogP contribution in [0.15, 0.2) is 61.1 Å². The maximum atomic E-state index is 13.5. The second-order valence-corrected chi connectivity index (χ2v) is 5.93. The van der Waals surface area contributed by atoms with Crippen molar-refractivity contribution in [3.05, 3.63) is 78.0 Å². The first-order chi connectivity index (χ1) is 11.6. The summed E-state index contributed by atoms with van der Waals surface area (Å²) in [6.45, 7) is 3.81. The Morgan fingerprint density at radius 1 is 0.917 bits per heavy atom. The second-order valence-electron chi connectivity index (χ2n) is 5.93. The lowest BCUT2D eigenvalue weighted by Gasteiger charge is -2.07. The van der Waals surface area contributed by atoms with Crippen LogP contribution in [-0.4, -0.2) is 14.5 Å². The van der Waals surface area contributed by atoms with Gasteiger partial charge in [0.2, 0.25) is 0 Å². The normalized spacial score (nSPS) is 11.1. The highest BCUT2D eigenvalue weighted by atomic mass is 19.1. The van der Waals surface area contributed by atoms with Gasteiger partial charge in [-0.15, -0.1) is 0 Å². The summed E-state index contributed by atoms with van der Waals surface area (Å²) < 4.78 is 15.6. The van der Waals surface area contributed by atoms with Gasteiger partial charge in [-0.25, -0.2) is 9.37 Å². The fourth-order valence-electron chi connectivity index (χ4n) is 2.93. The summed E-state index contributed by atoms with van der Waals surface area (Å²) in [7, 11) is 0. The molecular weight excluding hydrogens is 301 g/mol. The van der Waals surface area contributed by atoms with E-state index in [1.807, 2.05) is 48.1 Å². The zero-order valence-electron chi connectivity index (χ0n) is 13.5. The Bertz CT molecular complexity index is 1040. The summed E-state index contributed by atoms with van der Waals surface area (Å²) >= 11 is 0. The molecule has 0 atom stereocenters. The highest BCUT2D eigenvalue weighted by Crippen LogP contribution is 2.28. The van der Waals surface area contributed by atoms with Gasteiger partial charge in [0.15, 0.2) is 0 Å². The Labute approximate surface area is 139 Å². The van der Waals surface area contributed by atoms with Crippen LogP contribution in [0.5, 0.6) is 0 Å². The highest BCUT2D eigenvalue weighted by Gasteiger charge is 2.11. The molecule has 0 N–H and O–H groups in total. The molecule has 24 heavy (non-hydrogen) atoms. The number of pyridine rings is 2. The molecule has 4 rings (SSSR count). The standard InChI is InChI=1S/C20H16FN3/c1-13-9-15(6-7-17(13)21)16-10-18-20(23-11-16)14(2)12-24(18)19-5-3-4-8-22-19/h3-12H,1-2H3. The van der Waals surface area contributed by atoms with E-state index in [0.717, 1.165) is 33.5 Å². The molecule has 118 valence electrons. The molecule has 0 spiro atoms. The number of aryl methyl sites for hydroxylation is 2. The minimum Gasteiger partial charge on any atom is -0.299 e. The van der Waals surface area contributed by atoms with Crippen molar-refractivity contribution >= 4 is 11.0 Å². The van der Waals surface area contributed by atoms with Gasteiger partial charge in [-0.1, -0.05) is 12.1 Å². The first kappa shape index (κ1) is 14.6. The highest BCUT2D eigenvalue weighted by molar-refractivity contribution is 5.85. The van der Waals surface area contributed by atoms with E-state index in [4.69, 9.17) is 0 Å². The van der Waals surface area contributed by atoms with Crippen LogP contribution in [0.2, 0.25) is 0 Å². The minimum atomic E-state index is -0.194. The van der Waals surface area contributed by atoms with Gasteiger partial charge in [0.25, 0.3) is 0 Å². The van der Waals surface area contributed by atoms with Crippen molar-refractivity contribution < 1.29 is 4.39 Å². The Kier molecular flexibility index (Phi) is 3.38. The van der Waals surface area contributed by atoms with E-state index in [9.17, 15) is 4.39 Å². The van der Waals surface area contributed by atoms with Gasteiger partial charge in [0, 0.05) is 24.2 Å². The van der Waals surface area contributed by atoms with Gasteiger partial charge >= 0.3 is 0 Å². The van der Waals surface area contributed by atoms with Gasteiger partial charge in [-0.3, -0.25) is 9.55 Å². The van der Waals surface area contributed by atoms with Crippen LogP contribution < -0.4 is 0 Å². The summed E-state index contributed by atoms with van der Waals surface area (Å²) in [6, 6.07) is 13.0. The zero-order chi connectivity index (χ0) is 16.7. The number of hydrogen-bond donors (Lipinski definition) is 0. The Morgan fingerprint density at radius 2 is 1.79 bits per heavy atom. The lowest BCUT2D eigenvalue weighted by atomic mass is 10.0. The average Bonchev–Trinajstić information content (AvgIpc) is 2.94. The van der Waals surface area contributed by atoms with Crippen LogP contribution in [0.4, 0.5) is 4.39 Å². The molecule has 0 bridgehead atoms. The van der Waals surface area contributed by atoms with Crippen LogP contribution in [0.3, 0.4) is 0 Å². The maximum absolute atomic E-state index is 13.5. The summed E-state index contributed by atoms with van der Waals surface area (Å²) in [6.07, 6.45) is 5.65. The Balaban J connectivity index is 1.92. The summed E-state index contributed by atoms with van der Waals surface area (Å²) in [5.74, 6) is 0.658. The predicted molar refractivity (Wildman–Crippen MR) is 93.7 cm³/mol. The van der Waals surface area contributed by atoms with E-state index >= 15 is 0 Å². The van der Waals surface area contributed by atoms with E-state index < -0.39 is 0 Å². The van der Waals surface area contributed by atoms with E-state index in [-0.39, 0.29) is 5.82 Å². The summed E-state index contributed by atoms with van der Waals surface area (Å²) in [5.41, 5.74) is 5.57. The third kappa shape index (κ3) is 2.36. The molecular formula is C20H16FN3. The van der Waals surface area contributed by atoms with Crippen LogP contribution in [0, 0.1) is 19.7 Å². The topological polar surface area (TPSA) is 30.7 Å². The number of benzene rings is 1. The molecule has 1 aromatic carbocycles. The molecule has 0 aliphatic rings. The molecule has 4 heteroatoms. The van der Waals surface area contributed by atoms with Crippen LogP contribution in [0.25, 0.3) is 28.0 Å². The summed E-state index contributed by atoms with van der Waals surface area (Å²) in [5, 5.41) is 0. The van der Waals surface area contributed by atoms with E-state index in [1.165, 1.54) is 6.07 Å². The van der Waals surface area contributed by atoms with Gasteiger partial charge in [0.1, 0.15) is 11.6 Å². The largest absolute Gasteiger partial charge is 0.299 e. The molecule has 0 saturated carbocycles. The molecule has 3 aromatic heterocycles. The van der Waals surface area contributed by atoms with Crippen LogP contribution in [0.1, 0.15) is 11.1 Å². The second kappa shape index (κ2) is 5.57. The van der Waals surface area contributed by atoms with Gasteiger partial charge in [0.05, 0.1) is 11.0 Å². The van der Waals surface area contributed by atoms with Crippen molar-refractivity contribution in [3.8, 4) is 16.9 Å². The lowest BCUT2D eigenvalue weighted by molar-refractivity contribution is 0.619. The van der Waals surface area contributed by atoms with Crippen molar-refractivity contribution in [1.29, 1.82) is 0 Å². The van der Waals surface area contributed by atoms with Gasteiger partial charge < -0.3 is 0 Å². The molecule has 3 heterocycles. The third-order valence-corrected chi connectivity index (χ3v) is 4.21. The van der Waals surface area contributed by atoms with Crippen LogP contribution >= 0.6 is 0 Å². The number of aromatic nitrogens is 3. The zero-order valence-corrected chi connectivity index (χ0v) is 13.5. The molecule has 0 unspecified atom stereocenters. The monoisotopic (exact) mass is 317 g/mol. The van der Waals surface area contributed by atoms with Crippen molar-refractivity contribution in [2.24, 2.45) is 0 Å². The Hall–Kier alpha value is -3.01. The SMILES string of the molecule is Cc1cc(-c2cnc3c(C)cn(-c4ccccn4)c3c2)ccc1F. The smallest absolute Gasteiger partial charge is 0.137 e. The molecule has 0 radical (unpaired) electrons. The maximum Gasteiger partial charge on any atom is 0.137 e. The first-order valence-corrected chi connectivity index (χ1v) is 7.79. The number of nitrogens with zero attached hydrogens (tertiary/aromatic N) is 3. The van der Waals surface area contributed by atoms with E-state index in [0.29, 0.717) is 5.56 Å². The van der Waals surface area contributed by atoms with Crippen LogP contribution in [-0.2, 0) is 0 Å². The molecule has 0 saturated heterocycles. The van der Waals surface area contributed by atoms with E-state index in [1.54, 1.807) is 19.2 Å². The molecule has 0 amide bonds. The molecule has 0 aliphatic heterocycles. The number of rotatable bonds is 2. The minimum absolute atomic E-state index is 0.194. The fraction of sp³-hybridized carbons (Fsp3) is 0.100. The quantitative estimate of drug-likeness (QED) is 0.529. The molecule has 4 aromatic rings. The molecule has 3 nitrogen and oxygen atoms in total.